The Bertz CT molecular complexity index is 643. The second-order valence-electron chi connectivity index (χ2n) is 5.36. The molecule has 1 amide bonds. The molecule has 4 nitrogen and oxygen atoms in total. The molecule has 1 aromatic heterocycles. The number of rotatable bonds is 5. The van der Waals surface area contributed by atoms with Gasteiger partial charge in [-0.15, -0.1) is 0 Å². The van der Waals surface area contributed by atoms with Gasteiger partial charge in [-0.1, -0.05) is 12.1 Å². The Morgan fingerprint density at radius 1 is 1.24 bits per heavy atom. The van der Waals surface area contributed by atoms with E-state index in [0.717, 1.165) is 29.1 Å². The number of amides is 1. The summed E-state index contributed by atoms with van der Waals surface area (Å²) in [6, 6.07) is 10.2. The Balaban J connectivity index is 2.31. The highest BCUT2D eigenvalue weighted by Gasteiger charge is 2.16. The summed E-state index contributed by atoms with van der Waals surface area (Å²) < 4.78 is 2.12. The minimum atomic E-state index is -0.0320. The van der Waals surface area contributed by atoms with E-state index in [-0.39, 0.29) is 5.91 Å². The van der Waals surface area contributed by atoms with Gasteiger partial charge in [0.15, 0.2) is 0 Å². The normalized spacial score (nSPS) is 10.7. The Hall–Kier alpha value is -2.07. The maximum absolute atomic E-state index is 12.2. The lowest BCUT2D eigenvalue weighted by Gasteiger charge is -2.11. The number of nitrogens with two attached hydrogens (primary N) is 1. The number of aryl methyl sites for hydroxylation is 2. The van der Waals surface area contributed by atoms with Gasteiger partial charge in [0.25, 0.3) is 5.91 Å². The molecule has 21 heavy (non-hydrogen) atoms. The van der Waals surface area contributed by atoms with E-state index in [1.165, 1.54) is 5.56 Å². The van der Waals surface area contributed by atoms with E-state index in [4.69, 9.17) is 5.73 Å². The number of nitrogens with one attached hydrogen (secondary N) is 1. The van der Waals surface area contributed by atoms with Crippen LogP contribution in [0.3, 0.4) is 0 Å². The van der Waals surface area contributed by atoms with E-state index in [1.807, 2.05) is 26.0 Å². The quantitative estimate of drug-likeness (QED) is 0.829. The van der Waals surface area contributed by atoms with Crippen LogP contribution in [-0.2, 0) is 0 Å². The van der Waals surface area contributed by atoms with Crippen molar-refractivity contribution >= 4 is 5.91 Å². The molecule has 2 aromatic rings. The van der Waals surface area contributed by atoms with E-state index in [9.17, 15) is 4.79 Å². The van der Waals surface area contributed by atoms with Crippen LogP contribution in [0.1, 0.15) is 33.7 Å². The van der Waals surface area contributed by atoms with Gasteiger partial charge in [0.2, 0.25) is 0 Å². The molecule has 0 atom stereocenters. The lowest BCUT2D eigenvalue weighted by Crippen LogP contribution is -2.26. The average Bonchev–Trinajstić information content (AvgIpc) is 2.74. The lowest BCUT2D eigenvalue weighted by molar-refractivity contribution is 0.0953. The molecular weight excluding hydrogens is 262 g/mol. The monoisotopic (exact) mass is 285 g/mol. The zero-order valence-corrected chi connectivity index (χ0v) is 12.9. The fourth-order valence-electron chi connectivity index (χ4n) is 2.56. The van der Waals surface area contributed by atoms with Gasteiger partial charge in [-0.3, -0.25) is 4.79 Å². The fraction of sp³-hybridized carbons (Fsp3) is 0.353. The maximum Gasteiger partial charge on any atom is 0.253 e. The molecule has 1 heterocycles. The van der Waals surface area contributed by atoms with E-state index in [1.54, 1.807) is 0 Å². The highest BCUT2D eigenvalue weighted by molar-refractivity contribution is 5.95. The number of carbonyl (C=O) groups excluding carboxylic acids is 1. The molecule has 0 radical (unpaired) electrons. The second kappa shape index (κ2) is 6.59. The highest BCUT2D eigenvalue weighted by atomic mass is 16.1. The van der Waals surface area contributed by atoms with Crippen LogP contribution in [0.4, 0.5) is 0 Å². The van der Waals surface area contributed by atoms with Crippen LogP contribution in [0.2, 0.25) is 0 Å². The Kier molecular flexibility index (Phi) is 4.81. The largest absolute Gasteiger partial charge is 0.352 e. The molecule has 0 bridgehead atoms. The molecule has 0 aliphatic heterocycles. The minimum Gasteiger partial charge on any atom is -0.352 e. The van der Waals surface area contributed by atoms with Gasteiger partial charge in [0.05, 0.1) is 5.56 Å². The molecule has 0 saturated carbocycles. The third kappa shape index (κ3) is 3.34. The predicted octanol–water partition coefficient (Wildman–Crippen LogP) is 2.48. The molecule has 0 spiro atoms. The molecule has 3 N–H and O–H groups in total. The van der Waals surface area contributed by atoms with Crippen molar-refractivity contribution in [3.05, 3.63) is 52.8 Å². The van der Waals surface area contributed by atoms with E-state index in [0.29, 0.717) is 13.1 Å². The smallest absolute Gasteiger partial charge is 0.253 e. The predicted molar refractivity (Wildman–Crippen MR) is 86.0 cm³/mol. The van der Waals surface area contributed by atoms with Crippen molar-refractivity contribution in [1.82, 2.24) is 9.88 Å². The third-order valence-electron chi connectivity index (χ3n) is 3.60. The summed E-state index contributed by atoms with van der Waals surface area (Å²) in [7, 11) is 0. The van der Waals surface area contributed by atoms with E-state index >= 15 is 0 Å². The van der Waals surface area contributed by atoms with Gasteiger partial charge >= 0.3 is 0 Å². The summed E-state index contributed by atoms with van der Waals surface area (Å²) in [4.78, 5) is 12.2. The fourth-order valence-corrected chi connectivity index (χ4v) is 2.56. The van der Waals surface area contributed by atoms with Gasteiger partial charge in [-0.2, -0.15) is 0 Å². The van der Waals surface area contributed by atoms with Gasteiger partial charge < -0.3 is 15.6 Å². The van der Waals surface area contributed by atoms with Gasteiger partial charge in [0.1, 0.15) is 0 Å². The zero-order valence-electron chi connectivity index (χ0n) is 12.9. The van der Waals surface area contributed by atoms with Crippen LogP contribution in [0.5, 0.6) is 0 Å². The molecule has 0 aliphatic carbocycles. The summed E-state index contributed by atoms with van der Waals surface area (Å²) in [5.74, 6) is -0.0320. The van der Waals surface area contributed by atoms with Crippen LogP contribution in [0.15, 0.2) is 30.3 Å². The molecule has 0 saturated heterocycles. The summed E-state index contributed by atoms with van der Waals surface area (Å²) >= 11 is 0. The molecule has 4 heteroatoms. The molecule has 0 fully saturated rings. The van der Waals surface area contributed by atoms with Crippen LogP contribution in [0.25, 0.3) is 5.69 Å². The van der Waals surface area contributed by atoms with E-state index in [2.05, 4.69) is 35.0 Å². The lowest BCUT2D eigenvalue weighted by atomic mass is 10.2. The van der Waals surface area contributed by atoms with Crippen molar-refractivity contribution < 1.29 is 4.79 Å². The van der Waals surface area contributed by atoms with Crippen molar-refractivity contribution in [2.75, 3.05) is 13.1 Å². The Labute approximate surface area is 126 Å². The maximum atomic E-state index is 12.2. The van der Waals surface area contributed by atoms with Crippen molar-refractivity contribution in [1.29, 1.82) is 0 Å². The number of hydrogen-bond donors (Lipinski definition) is 2. The number of benzene rings is 1. The zero-order chi connectivity index (χ0) is 15.4. The van der Waals surface area contributed by atoms with Crippen molar-refractivity contribution in [3.63, 3.8) is 0 Å². The first-order valence-corrected chi connectivity index (χ1v) is 7.29. The van der Waals surface area contributed by atoms with Gasteiger partial charge in [-0.05, 0) is 57.5 Å². The third-order valence-corrected chi connectivity index (χ3v) is 3.60. The molecule has 0 aliphatic rings. The second-order valence-corrected chi connectivity index (χ2v) is 5.36. The summed E-state index contributed by atoms with van der Waals surface area (Å²) in [5.41, 5.74) is 10.5. The number of nitrogens with zero attached hydrogens (tertiary/aromatic N) is 1. The summed E-state index contributed by atoms with van der Waals surface area (Å²) in [6.07, 6.45) is 0.794. The molecule has 112 valence electrons. The summed E-state index contributed by atoms with van der Waals surface area (Å²) in [5, 5.41) is 2.91. The molecular formula is C17H23N3O. The minimum absolute atomic E-state index is 0.0320. The topological polar surface area (TPSA) is 60.0 Å². The van der Waals surface area contributed by atoms with Crippen LogP contribution >= 0.6 is 0 Å². The van der Waals surface area contributed by atoms with Gasteiger partial charge in [-0.25, -0.2) is 0 Å². The van der Waals surface area contributed by atoms with Crippen LogP contribution in [-0.4, -0.2) is 23.6 Å². The van der Waals surface area contributed by atoms with Crippen LogP contribution in [0, 0.1) is 20.8 Å². The van der Waals surface area contributed by atoms with Crippen molar-refractivity contribution in [3.8, 4) is 5.69 Å². The summed E-state index contributed by atoms with van der Waals surface area (Å²) in [6.45, 7) is 7.27. The first-order valence-electron chi connectivity index (χ1n) is 7.29. The first kappa shape index (κ1) is 15.3. The van der Waals surface area contributed by atoms with Crippen molar-refractivity contribution in [2.24, 2.45) is 5.73 Å². The van der Waals surface area contributed by atoms with Crippen molar-refractivity contribution in [2.45, 2.75) is 27.2 Å². The highest BCUT2D eigenvalue weighted by Crippen LogP contribution is 2.21. The first-order chi connectivity index (χ1) is 10.0. The number of aromatic nitrogens is 1. The number of hydrogen-bond acceptors (Lipinski definition) is 2. The molecule has 0 unspecified atom stereocenters. The van der Waals surface area contributed by atoms with Crippen LogP contribution < -0.4 is 11.1 Å². The molecule has 2 rings (SSSR count). The Morgan fingerprint density at radius 2 is 2.00 bits per heavy atom. The number of carbonyl (C=O) groups is 1. The Morgan fingerprint density at radius 3 is 2.67 bits per heavy atom. The van der Waals surface area contributed by atoms with Gasteiger partial charge in [0, 0.05) is 23.6 Å². The SMILES string of the molecule is Cc1cccc(-n2c(C)cc(C(=O)NCCCN)c2C)c1. The average molecular weight is 285 g/mol. The molecule has 1 aromatic carbocycles. The standard InChI is InChI=1S/C17H23N3O/c1-12-6-4-7-15(10-12)20-13(2)11-16(14(20)3)17(21)19-9-5-8-18/h4,6-7,10-11H,5,8-9,18H2,1-3H3,(H,19,21). The van der Waals surface area contributed by atoms with E-state index < -0.39 is 0 Å².